The summed E-state index contributed by atoms with van der Waals surface area (Å²) in [5.41, 5.74) is -0.625. The minimum absolute atomic E-state index is 0.156. The number of carboxylic acids is 1. The second kappa shape index (κ2) is 3.62. The molecule has 1 N–H and O–H groups in total. The van der Waals surface area contributed by atoms with Crippen LogP contribution in [0.5, 0.6) is 0 Å². The molecule has 4 nitrogen and oxygen atoms in total. The standard InChI is InChI=1S/C8H8ClNO3/c1-2-10-4-3-5(8(12)13)6(9)7(10)11/h3-4H,2H2,1H3,(H,12,13). The fraction of sp³-hybridized carbons (Fsp3) is 0.250. The van der Waals surface area contributed by atoms with Crippen LogP contribution in [-0.4, -0.2) is 15.6 Å². The number of hydrogen-bond donors (Lipinski definition) is 1. The van der Waals surface area contributed by atoms with Gasteiger partial charge < -0.3 is 9.67 Å². The van der Waals surface area contributed by atoms with Gasteiger partial charge in [0, 0.05) is 12.7 Å². The Balaban J connectivity index is 3.40. The minimum atomic E-state index is -1.19. The van der Waals surface area contributed by atoms with E-state index in [1.807, 2.05) is 0 Å². The van der Waals surface area contributed by atoms with Crippen molar-refractivity contribution < 1.29 is 9.90 Å². The van der Waals surface area contributed by atoms with E-state index in [1.165, 1.54) is 16.8 Å². The largest absolute Gasteiger partial charge is 0.478 e. The topological polar surface area (TPSA) is 59.3 Å². The normalized spacial score (nSPS) is 10.0. The second-order valence-corrected chi connectivity index (χ2v) is 2.82. The van der Waals surface area contributed by atoms with E-state index in [1.54, 1.807) is 6.92 Å². The lowest BCUT2D eigenvalue weighted by molar-refractivity contribution is 0.0696. The van der Waals surface area contributed by atoms with E-state index < -0.39 is 11.5 Å². The molecule has 0 fully saturated rings. The highest BCUT2D eigenvalue weighted by Crippen LogP contribution is 2.09. The average Bonchev–Trinajstić information content (AvgIpc) is 2.09. The fourth-order valence-electron chi connectivity index (χ4n) is 0.961. The third-order valence-corrected chi connectivity index (χ3v) is 2.04. The molecule has 13 heavy (non-hydrogen) atoms. The third kappa shape index (κ3) is 1.72. The highest BCUT2D eigenvalue weighted by molar-refractivity contribution is 6.33. The summed E-state index contributed by atoms with van der Waals surface area (Å²) < 4.78 is 1.34. The van der Waals surface area contributed by atoms with Gasteiger partial charge in [-0.25, -0.2) is 4.79 Å². The summed E-state index contributed by atoms with van der Waals surface area (Å²) in [6.07, 6.45) is 1.41. The van der Waals surface area contributed by atoms with Crippen LogP contribution in [0.4, 0.5) is 0 Å². The molecule has 0 atom stereocenters. The molecule has 0 bridgehead atoms. The molecule has 5 heteroatoms. The second-order valence-electron chi connectivity index (χ2n) is 2.44. The van der Waals surface area contributed by atoms with E-state index in [0.29, 0.717) is 6.54 Å². The first-order valence-electron chi connectivity index (χ1n) is 3.70. The first-order chi connectivity index (χ1) is 6.07. The summed E-state index contributed by atoms with van der Waals surface area (Å²) in [6.45, 7) is 2.25. The van der Waals surface area contributed by atoms with Gasteiger partial charge in [-0.2, -0.15) is 0 Å². The first kappa shape index (κ1) is 9.80. The Morgan fingerprint density at radius 1 is 1.69 bits per heavy atom. The van der Waals surface area contributed by atoms with Crippen LogP contribution in [0, 0.1) is 0 Å². The Morgan fingerprint density at radius 2 is 2.31 bits per heavy atom. The van der Waals surface area contributed by atoms with Crippen molar-refractivity contribution in [2.75, 3.05) is 0 Å². The van der Waals surface area contributed by atoms with Gasteiger partial charge in [0.2, 0.25) is 0 Å². The Bertz CT molecular complexity index is 397. The van der Waals surface area contributed by atoms with Crippen LogP contribution in [0.15, 0.2) is 17.1 Å². The van der Waals surface area contributed by atoms with Crippen molar-refractivity contribution in [1.82, 2.24) is 4.57 Å². The average molecular weight is 202 g/mol. The summed E-state index contributed by atoms with van der Waals surface area (Å²) >= 11 is 5.56. The third-order valence-electron chi connectivity index (χ3n) is 1.68. The molecule has 0 spiro atoms. The van der Waals surface area contributed by atoms with Crippen molar-refractivity contribution in [2.24, 2.45) is 0 Å². The van der Waals surface area contributed by atoms with E-state index in [9.17, 15) is 9.59 Å². The van der Waals surface area contributed by atoms with E-state index in [-0.39, 0.29) is 10.6 Å². The van der Waals surface area contributed by atoms with Gasteiger partial charge in [0.05, 0.1) is 5.56 Å². The maximum atomic E-state index is 11.3. The molecule has 1 heterocycles. The molecule has 0 unspecified atom stereocenters. The fourth-order valence-corrected chi connectivity index (χ4v) is 1.21. The lowest BCUT2D eigenvalue weighted by Crippen LogP contribution is -2.21. The summed E-state index contributed by atoms with van der Waals surface area (Å²) in [6, 6.07) is 1.32. The highest BCUT2D eigenvalue weighted by Gasteiger charge is 2.12. The lowest BCUT2D eigenvalue weighted by atomic mass is 10.2. The van der Waals surface area contributed by atoms with Crippen molar-refractivity contribution in [1.29, 1.82) is 0 Å². The number of pyridine rings is 1. The van der Waals surface area contributed by atoms with Crippen molar-refractivity contribution in [3.63, 3.8) is 0 Å². The van der Waals surface area contributed by atoms with Gasteiger partial charge in [0.1, 0.15) is 5.02 Å². The maximum Gasteiger partial charge on any atom is 0.337 e. The smallest absolute Gasteiger partial charge is 0.337 e. The predicted molar refractivity (Wildman–Crippen MR) is 48.3 cm³/mol. The molecule has 0 amide bonds. The highest BCUT2D eigenvalue weighted by atomic mass is 35.5. The quantitative estimate of drug-likeness (QED) is 0.783. The number of rotatable bonds is 2. The van der Waals surface area contributed by atoms with Crippen LogP contribution in [0.2, 0.25) is 5.02 Å². The molecule has 0 aromatic carbocycles. The van der Waals surface area contributed by atoms with E-state index in [2.05, 4.69) is 0 Å². The zero-order valence-electron chi connectivity index (χ0n) is 6.95. The molecule has 0 aliphatic heterocycles. The lowest BCUT2D eigenvalue weighted by Gasteiger charge is -2.03. The van der Waals surface area contributed by atoms with Gasteiger partial charge >= 0.3 is 5.97 Å². The molecule has 1 rings (SSSR count). The molecule has 0 aliphatic carbocycles. The molecule has 0 radical (unpaired) electrons. The van der Waals surface area contributed by atoms with Crippen LogP contribution in [0.1, 0.15) is 17.3 Å². The minimum Gasteiger partial charge on any atom is -0.478 e. The summed E-state index contributed by atoms with van der Waals surface area (Å²) in [7, 11) is 0. The number of hydrogen-bond acceptors (Lipinski definition) is 2. The van der Waals surface area contributed by atoms with Gasteiger partial charge in [-0.15, -0.1) is 0 Å². The number of carboxylic acid groups (broad SMARTS) is 1. The van der Waals surface area contributed by atoms with Gasteiger partial charge in [-0.3, -0.25) is 4.79 Å². The van der Waals surface area contributed by atoms with Crippen molar-refractivity contribution in [3.8, 4) is 0 Å². The van der Waals surface area contributed by atoms with E-state index >= 15 is 0 Å². The van der Waals surface area contributed by atoms with E-state index in [4.69, 9.17) is 16.7 Å². The molecular formula is C8H8ClNO3. The summed E-state index contributed by atoms with van der Waals surface area (Å²) in [5, 5.41) is 8.38. The summed E-state index contributed by atoms with van der Waals surface area (Å²) in [5.74, 6) is -1.19. The van der Waals surface area contributed by atoms with E-state index in [0.717, 1.165) is 0 Å². The van der Waals surface area contributed by atoms with Crippen LogP contribution in [0.3, 0.4) is 0 Å². The SMILES string of the molecule is CCn1ccc(C(=O)O)c(Cl)c1=O. The molecular weight excluding hydrogens is 194 g/mol. The van der Waals surface area contributed by atoms with Crippen LogP contribution in [-0.2, 0) is 6.54 Å². The monoisotopic (exact) mass is 201 g/mol. The Kier molecular flexibility index (Phi) is 2.72. The molecule has 1 aromatic rings. The van der Waals surface area contributed by atoms with Crippen molar-refractivity contribution >= 4 is 17.6 Å². The van der Waals surface area contributed by atoms with Gasteiger partial charge in [-0.1, -0.05) is 11.6 Å². The zero-order valence-corrected chi connectivity index (χ0v) is 7.71. The molecule has 0 aliphatic rings. The zero-order chi connectivity index (χ0) is 10.0. The number of nitrogens with zero attached hydrogens (tertiary/aromatic N) is 1. The Morgan fingerprint density at radius 3 is 2.77 bits per heavy atom. The molecule has 0 saturated heterocycles. The summed E-state index contributed by atoms with van der Waals surface area (Å²) in [4.78, 5) is 21.8. The van der Waals surface area contributed by atoms with Crippen molar-refractivity contribution in [3.05, 3.63) is 33.2 Å². The van der Waals surface area contributed by atoms with Crippen molar-refractivity contribution in [2.45, 2.75) is 13.5 Å². The molecule has 1 aromatic heterocycles. The Hall–Kier alpha value is -1.29. The van der Waals surface area contributed by atoms with Crippen LogP contribution < -0.4 is 5.56 Å². The number of carbonyl (C=O) groups is 1. The maximum absolute atomic E-state index is 11.3. The molecule has 70 valence electrons. The number of aryl methyl sites for hydroxylation is 1. The molecule has 0 saturated carbocycles. The first-order valence-corrected chi connectivity index (χ1v) is 4.08. The van der Waals surface area contributed by atoms with Gasteiger partial charge in [-0.05, 0) is 13.0 Å². The number of aromatic carboxylic acids is 1. The van der Waals surface area contributed by atoms with Gasteiger partial charge in [0.15, 0.2) is 0 Å². The number of aromatic nitrogens is 1. The van der Waals surface area contributed by atoms with Gasteiger partial charge in [0.25, 0.3) is 5.56 Å². The van der Waals surface area contributed by atoms with Crippen LogP contribution in [0.25, 0.3) is 0 Å². The number of halogens is 1. The van der Waals surface area contributed by atoms with Crippen LogP contribution >= 0.6 is 11.6 Å². The predicted octanol–water partition coefficient (Wildman–Crippen LogP) is 1.22. The Labute approximate surface area is 79.4 Å².